The summed E-state index contributed by atoms with van der Waals surface area (Å²) in [6.45, 7) is 2.21. The van der Waals surface area contributed by atoms with Crippen LogP contribution in [0.5, 0.6) is 0 Å². The highest BCUT2D eigenvalue weighted by Crippen LogP contribution is 2.29. The molecule has 0 unspecified atom stereocenters. The van der Waals surface area contributed by atoms with Crippen molar-refractivity contribution in [2.75, 3.05) is 18.8 Å². The summed E-state index contributed by atoms with van der Waals surface area (Å²) in [5, 5.41) is 12.6. The molecule has 4 rings (SSSR count). The lowest BCUT2D eigenvalue weighted by Gasteiger charge is -2.32. The van der Waals surface area contributed by atoms with Crippen molar-refractivity contribution in [2.45, 2.75) is 42.9 Å². The van der Waals surface area contributed by atoms with Crippen LogP contribution in [0.15, 0.2) is 35.7 Å². The van der Waals surface area contributed by atoms with E-state index in [-0.39, 0.29) is 5.91 Å². The summed E-state index contributed by atoms with van der Waals surface area (Å²) >= 11 is 7.45. The molecule has 1 N–H and O–H groups in total. The van der Waals surface area contributed by atoms with E-state index in [2.05, 4.69) is 20.4 Å². The van der Waals surface area contributed by atoms with Crippen LogP contribution >= 0.6 is 23.4 Å². The van der Waals surface area contributed by atoms with E-state index >= 15 is 0 Å². The number of benzene rings is 1. The maximum atomic E-state index is 12.3. The molecule has 2 aromatic rings. The van der Waals surface area contributed by atoms with Crippen LogP contribution in [0.2, 0.25) is 5.02 Å². The Morgan fingerprint density at radius 1 is 1.27 bits per heavy atom. The Morgan fingerprint density at radius 2 is 2.08 bits per heavy atom. The minimum Gasteiger partial charge on any atom is -0.353 e. The van der Waals surface area contributed by atoms with Gasteiger partial charge in [-0.25, -0.2) is 0 Å². The first-order chi connectivity index (χ1) is 12.7. The largest absolute Gasteiger partial charge is 0.353 e. The lowest BCUT2D eigenvalue weighted by atomic mass is 10.1. The number of nitrogens with zero attached hydrogens (tertiary/aromatic N) is 4. The van der Waals surface area contributed by atoms with Gasteiger partial charge in [-0.1, -0.05) is 29.4 Å². The summed E-state index contributed by atoms with van der Waals surface area (Å²) in [6.07, 6.45) is 6.43. The van der Waals surface area contributed by atoms with Gasteiger partial charge in [0.15, 0.2) is 5.16 Å². The number of likely N-dealkylation sites (tertiary alicyclic amines) is 1. The molecule has 2 aliphatic rings. The minimum atomic E-state index is 0.0560. The van der Waals surface area contributed by atoms with Crippen molar-refractivity contribution >= 4 is 29.3 Å². The van der Waals surface area contributed by atoms with E-state index in [1.54, 1.807) is 6.33 Å². The van der Waals surface area contributed by atoms with Gasteiger partial charge in [0, 0.05) is 30.2 Å². The number of rotatable bonds is 6. The van der Waals surface area contributed by atoms with Gasteiger partial charge >= 0.3 is 0 Å². The summed E-state index contributed by atoms with van der Waals surface area (Å²) in [4.78, 5) is 14.9. The lowest BCUT2D eigenvalue weighted by molar-refractivity contribution is -0.119. The van der Waals surface area contributed by atoms with Crippen LogP contribution in [0.4, 0.5) is 0 Å². The summed E-state index contributed by atoms with van der Waals surface area (Å²) in [6, 6.07) is 8.61. The first-order valence-corrected chi connectivity index (χ1v) is 10.4. The predicted octanol–water partition coefficient (Wildman–Crippen LogP) is 2.76. The number of nitrogens with one attached hydrogen (secondary N) is 1. The van der Waals surface area contributed by atoms with Crippen LogP contribution in [-0.2, 0) is 4.79 Å². The van der Waals surface area contributed by atoms with Crippen molar-refractivity contribution < 1.29 is 4.79 Å². The third kappa shape index (κ3) is 4.39. The Balaban J connectivity index is 1.28. The molecule has 1 amide bonds. The zero-order valence-corrected chi connectivity index (χ0v) is 16.0. The van der Waals surface area contributed by atoms with E-state index in [1.807, 2.05) is 28.8 Å². The maximum absolute atomic E-state index is 12.3. The fraction of sp³-hybridized carbons (Fsp3) is 0.500. The molecule has 0 bridgehead atoms. The third-order valence-electron chi connectivity index (χ3n) is 4.89. The number of hydrogen-bond donors (Lipinski definition) is 1. The molecule has 1 saturated carbocycles. The predicted molar refractivity (Wildman–Crippen MR) is 103 cm³/mol. The minimum absolute atomic E-state index is 0.0560. The van der Waals surface area contributed by atoms with Crippen LogP contribution in [0.25, 0.3) is 5.69 Å². The second kappa shape index (κ2) is 7.98. The zero-order chi connectivity index (χ0) is 17.9. The molecule has 0 radical (unpaired) electrons. The Morgan fingerprint density at radius 3 is 2.81 bits per heavy atom. The maximum Gasteiger partial charge on any atom is 0.230 e. The van der Waals surface area contributed by atoms with Crippen LogP contribution in [-0.4, -0.2) is 56.5 Å². The number of carbonyl (C=O) groups is 1. The van der Waals surface area contributed by atoms with Gasteiger partial charge in [-0.3, -0.25) is 9.36 Å². The average molecular weight is 392 g/mol. The number of hydrogen-bond acceptors (Lipinski definition) is 5. The molecule has 138 valence electrons. The van der Waals surface area contributed by atoms with E-state index < -0.39 is 0 Å². The fourth-order valence-corrected chi connectivity index (χ4v) is 4.30. The Kier molecular flexibility index (Phi) is 5.47. The molecule has 0 atom stereocenters. The quantitative estimate of drug-likeness (QED) is 0.767. The number of thioether (sulfide) groups is 1. The average Bonchev–Trinajstić information content (AvgIpc) is 3.38. The molecule has 1 aromatic heterocycles. The van der Waals surface area contributed by atoms with Crippen molar-refractivity contribution in [3.8, 4) is 5.69 Å². The molecule has 1 saturated heterocycles. The van der Waals surface area contributed by atoms with Gasteiger partial charge in [0.05, 0.1) is 11.4 Å². The van der Waals surface area contributed by atoms with Crippen molar-refractivity contribution in [1.29, 1.82) is 0 Å². The second-order valence-corrected chi connectivity index (χ2v) is 8.24. The summed E-state index contributed by atoms with van der Waals surface area (Å²) < 4.78 is 1.85. The Hall–Kier alpha value is -1.57. The number of piperidine rings is 1. The molecular weight excluding hydrogens is 370 g/mol. The highest BCUT2D eigenvalue weighted by atomic mass is 35.5. The SMILES string of the molecule is O=C(CSc1nncn1-c1cccc(Cl)c1)NC1CCN(C2CC2)CC1. The number of carbonyl (C=O) groups excluding carboxylic acids is 1. The first-order valence-electron chi connectivity index (χ1n) is 9.01. The van der Waals surface area contributed by atoms with Gasteiger partial charge in [0.1, 0.15) is 6.33 Å². The van der Waals surface area contributed by atoms with Gasteiger partial charge < -0.3 is 10.2 Å². The Bertz CT molecular complexity index is 770. The molecule has 1 aliphatic carbocycles. The number of aromatic nitrogens is 3. The molecule has 2 fully saturated rings. The van der Waals surface area contributed by atoms with Crippen molar-refractivity contribution in [1.82, 2.24) is 25.0 Å². The van der Waals surface area contributed by atoms with Crippen molar-refractivity contribution in [3.05, 3.63) is 35.6 Å². The van der Waals surface area contributed by atoms with Crippen LogP contribution in [0.1, 0.15) is 25.7 Å². The van der Waals surface area contributed by atoms with Crippen LogP contribution in [0.3, 0.4) is 0 Å². The van der Waals surface area contributed by atoms with Crippen LogP contribution < -0.4 is 5.32 Å². The van der Waals surface area contributed by atoms with Crippen molar-refractivity contribution in [2.24, 2.45) is 0 Å². The third-order valence-corrected chi connectivity index (χ3v) is 6.07. The van der Waals surface area contributed by atoms with Crippen LogP contribution in [0, 0.1) is 0 Å². The Labute approximate surface area is 162 Å². The van der Waals surface area contributed by atoms with E-state index in [0.717, 1.165) is 37.7 Å². The summed E-state index contributed by atoms with van der Waals surface area (Å²) in [5.41, 5.74) is 0.887. The zero-order valence-electron chi connectivity index (χ0n) is 14.5. The molecule has 1 aliphatic heterocycles. The molecule has 2 heterocycles. The van der Waals surface area contributed by atoms with Gasteiger partial charge in [-0.15, -0.1) is 10.2 Å². The highest BCUT2D eigenvalue weighted by Gasteiger charge is 2.32. The fourth-order valence-electron chi connectivity index (χ4n) is 3.37. The number of amides is 1. The highest BCUT2D eigenvalue weighted by molar-refractivity contribution is 7.99. The summed E-state index contributed by atoms with van der Waals surface area (Å²) in [5.74, 6) is 0.391. The van der Waals surface area contributed by atoms with Gasteiger partial charge in [0.2, 0.25) is 5.91 Å². The molecule has 6 nitrogen and oxygen atoms in total. The summed E-state index contributed by atoms with van der Waals surface area (Å²) in [7, 11) is 0. The smallest absolute Gasteiger partial charge is 0.230 e. The molecule has 1 aromatic carbocycles. The normalized spacial score (nSPS) is 18.8. The van der Waals surface area contributed by atoms with E-state index in [9.17, 15) is 4.79 Å². The second-order valence-electron chi connectivity index (χ2n) is 6.86. The van der Waals surface area contributed by atoms with E-state index in [4.69, 9.17) is 11.6 Å². The van der Waals surface area contributed by atoms with Gasteiger partial charge in [0.25, 0.3) is 0 Å². The first kappa shape index (κ1) is 17.8. The van der Waals surface area contributed by atoms with Gasteiger partial charge in [-0.2, -0.15) is 0 Å². The van der Waals surface area contributed by atoms with Crippen molar-refractivity contribution in [3.63, 3.8) is 0 Å². The monoisotopic (exact) mass is 391 g/mol. The van der Waals surface area contributed by atoms with E-state index in [0.29, 0.717) is 22.0 Å². The lowest BCUT2D eigenvalue weighted by Crippen LogP contribution is -2.45. The molecular formula is C18H22ClN5OS. The van der Waals surface area contributed by atoms with Gasteiger partial charge in [-0.05, 0) is 43.9 Å². The number of halogens is 1. The molecule has 26 heavy (non-hydrogen) atoms. The molecule has 8 heteroatoms. The van der Waals surface area contributed by atoms with E-state index in [1.165, 1.54) is 24.6 Å². The molecule has 0 spiro atoms. The standard InChI is InChI=1S/C18H22ClN5OS/c19-13-2-1-3-16(10-13)24-12-20-22-18(24)26-11-17(25)21-14-6-8-23(9-7-14)15-4-5-15/h1-3,10,12,14-15H,4-9,11H2,(H,21,25). The topological polar surface area (TPSA) is 63.1 Å².